The zero-order chi connectivity index (χ0) is 11.8. The van der Waals surface area contributed by atoms with Crippen LogP contribution in [-0.4, -0.2) is 5.17 Å². The van der Waals surface area contributed by atoms with Crippen molar-refractivity contribution in [3.63, 3.8) is 0 Å². The summed E-state index contributed by atoms with van der Waals surface area (Å²) in [5.41, 5.74) is 1.77. The Kier molecular flexibility index (Phi) is 3.08. The van der Waals surface area contributed by atoms with Gasteiger partial charge >= 0.3 is 0 Å². The first-order chi connectivity index (χ1) is 7.61. The summed E-state index contributed by atoms with van der Waals surface area (Å²) in [6.07, 6.45) is 1.75. The molecular formula is C12H14ClNOS. The molecule has 0 bridgehead atoms. The average Bonchev–Trinajstić information content (AvgIpc) is 2.28. The van der Waals surface area contributed by atoms with Crippen molar-refractivity contribution in [1.29, 1.82) is 0 Å². The Labute approximate surface area is 106 Å². The normalized spacial score (nSPS) is 17.3. The van der Waals surface area contributed by atoms with Crippen molar-refractivity contribution in [3.8, 4) is 0 Å². The minimum absolute atomic E-state index is 0.331. The van der Waals surface area contributed by atoms with Crippen LogP contribution < -0.4 is 5.32 Å². The fourth-order valence-corrected chi connectivity index (χ4v) is 2.59. The van der Waals surface area contributed by atoms with E-state index in [4.69, 9.17) is 28.6 Å². The van der Waals surface area contributed by atoms with Gasteiger partial charge in [0, 0.05) is 16.3 Å². The van der Waals surface area contributed by atoms with Gasteiger partial charge in [0.15, 0.2) is 0 Å². The van der Waals surface area contributed by atoms with Gasteiger partial charge in [-0.2, -0.15) is 0 Å². The van der Waals surface area contributed by atoms with Crippen molar-refractivity contribution in [2.24, 2.45) is 0 Å². The number of nitrogens with one attached hydrogen (secondary N) is 1. The van der Waals surface area contributed by atoms with Gasteiger partial charge in [0.2, 0.25) is 0 Å². The van der Waals surface area contributed by atoms with Crippen LogP contribution in [0.1, 0.15) is 32.3 Å². The van der Waals surface area contributed by atoms with E-state index in [0.717, 1.165) is 29.1 Å². The van der Waals surface area contributed by atoms with Crippen molar-refractivity contribution < 1.29 is 4.74 Å². The molecular weight excluding hydrogens is 242 g/mol. The standard InChI is InChI=1S/C12H14ClNOS/c1-3-12(4-2)9-7-8(13)5-6-10(9)14-11(16)15-12/h5-7H,3-4H2,1-2H3,(H,14,16). The molecule has 1 aliphatic heterocycles. The van der Waals surface area contributed by atoms with Gasteiger partial charge in [-0.15, -0.1) is 0 Å². The van der Waals surface area contributed by atoms with Crippen molar-refractivity contribution in [3.05, 3.63) is 28.8 Å². The molecule has 86 valence electrons. The first-order valence-corrected chi connectivity index (χ1v) is 6.20. The van der Waals surface area contributed by atoms with Crippen LogP contribution in [0.2, 0.25) is 5.02 Å². The second-order valence-corrected chi connectivity index (χ2v) is 4.71. The first-order valence-electron chi connectivity index (χ1n) is 5.41. The number of rotatable bonds is 2. The Morgan fingerprint density at radius 1 is 1.38 bits per heavy atom. The summed E-state index contributed by atoms with van der Waals surface area (Å²) >= 11 is 11.2. The molecule has 0 amide bonds. The molecule has 0 unspecified atom stereocenters. The van der Waals surface area contributed by atoms with Gasteiger partial charge in [-0.3, -0.25) is 0 Å². The van der Waals surface area contributed by atoms with Crippen LogP contribution in [0.3, 0.4) is 0 Å². The van der Waals surface area contributed by atoms with E-state index < -0.39 is 0 Å². The smallest absolute Gasteiger partial charge is 0.262 e. The lowest BCUT2D eigenvalue weighted by atomic mass is 9.86. The highest BCUT2D eigenvalue weighted by atomic mass is 35.5. The Bertz CT molecular complexity index is 429. The molecule has 0 atom stereocenters. The van der Waals surface area contributed by atoms with Crippen molar-refractivity contribution in [2.75, 3.05) is 5.32 Å². The van der Waals surface area contributed by atoms with Gasteiger partial charge in [-0.05, 0) is 43.3 Å². The third kappa shape index (κ3) is 1.78. The highest BCUT2D eigenvalue weighted by Gasteiger charge is 2.37. The van der Waals surface area contributed by atoms with Crippen LogP contribution >= 0.6 is 23.8 Å². The lowest BCUT2D eigenvalue weighted by molar-refractivity contribution is 0.0440. The molecule has 0 saturated heterocycles. The number of hydrogen-bond acceptors (Lipinski definition) is 2. The molecule has 16 heavy (non-hydrogen) atoms. The van der Waals surface area contributed by atoms with E-state index in [1.54, 1.807) is 0 Å². The molecule has 1 aliphatic rings. The van der Waals surface area contributed by atoms with Crippen molar-refractivity contribution >= 4 is 34.7 Å². The third-order valence-electron chi connectivity index (χ3n) is 3.14. The van der Waals surface area contributed by atoms with Crippen LogP contribution in [0.25, 0.3) is 0 Å². The maximum Gasteiger partial charge on any atom is 0.262 e. The number of anilines is 1. The number of hydrogen-bond donors (Lipinski definition) is 1. The van der Waals surface area contributed by atoms with E-state index in [1.165, 1.54) is 0 Å². The van der Waals surface area contributed by atoms with Crippen LogP contribution in [0.15, 0.2) is 18.2 Å². The summed E-state index contributed by atoms with van der Waals surface area (Å²) in [5.74, 6) is 0. The van der Waals surface area contributed by atoms with Crippen molar-refractivity contribution in [1.82, 2.24) is 0 Å². The molecule has 2 rings (SSSR count). The molecule has 0 spiro atoms. The number of benzene rings is 1. The molecule has 1 aromatic carbocycles. The molecule has 1 N–H and O–H groups in total. The lowest BCUT2D eigenvalue weighted by Crippen LogP contribution is -2.38. The monoisotopic (exact) mass is 255 g/mol. The largest absolute Gasteiger partial charge is 0.459 e. The summed E-state index contributed by atoms with van der Waals surface area (Å²) in [7, 11) is 0. The average molecular weight is 256 g/mol. The van der Waals surface area contributed by atoms with E-state index in [2.05, 4.69) is 19.2 Å². The third-order valence-corrected chi connectivity index (χ3v) is 3.56. The molecule has 0 aromatic heterocycles. The first kappa shape index (κ1) is 11.7. The van der Waals surface area contributed by atoms with Crippen LogP contribution in [0.5, 0.6) is 0 Å². The highest BCUT2D eigenvalue weighted by Crippen LogP contribution is 2.42. The van der Waals surface area contributed by atoms with E-state index in [0.29, 0.717) is 5.17 Å². The molecule has 0 aliphatic carbocycles. The minimum atomic E-state index is -0.331. The molecule has 0 saturated carbocycles. The van der Waals surface area contributed by atoms with Gasteiger partial charge in [-0.25, -0.2) is 0 Å². The predicted octanol–water partition coefficient (Wildman–Crippen LogP) is 4.08. The predicted molar refractivity (Wildman–Crippen MR) is 71.0 cm³/mol. The minimum Gasteiger partial charge on any atom is -0.459 e. The number of thiocarbonyl (C=S) groups is 1. The SMILES string of the molecule is CCC1(CC)OC(=S)Nc2ccc(Cl)cc21. The fraction of sp³-hybridized carbons (Fsp3) is 0.417. The van der Waals surface area contributed by atoms with E-state index >= 15 is 0 Å². The highest BCUT2D eigenvalue weighted by molar-refractivity contribution is 7.80. The molecule has 4 heteroatoms. The second kappa shape index (κ2) is 4.22. The van der Waals surface area contributed by atoms with Gasteiger partial charge in [-0.1, -0.05) is 25.4 Å². The van der Waals surface area contributed by atoms with Crippen LogP contribution in [0, 0.1) is 0 Å². The van der Waals surface area contributed by atoms with Crippen molar-refractivity contribution in [2.45, 2.75) is 32.3 Å². The number of halogens is 1. The Morgan fingerprint density at radius 3 is 2.69 bits per heavy atom. The van der Waals surface area contributed by atoms with Gasteiger partial charge in [0.25, 0.3) is 5.17 Å². The van der Waals surface area contributed by atoms with Gasteiger partial charge in [0.05, 0.1) is 0 Å². The number of ether oxygens (including phenoxy) is 1. The summed E-state index contributed by atoms with van der Waals surface area (Å²) in [6.45, 7) is 4.20. The Balaban J connectivity index is 2.59. The van der Waals surface area contributed by atoms with E-state index in [-0.39, 0.29) is 5.60 Å². The zero-order valence-corrected chi connectivity index (χ0v) is 10.9. The molecule has 1 aromatic rings. The lowest BCUT2D eigenvalue weighted by Gasteiger charge is -2.38. The van der Waals surface area contributed by atoms with E-state index in [9.17, 15) is 0 Å². The van der Waals surface area contributed by atoms with Gasteiger partial charge in [0.1, 0.15) is 5.60 Å². The van der Waals surface area contributed by atoms with E-state index in [1.807, 2.05) is 18.2 Å². The van der Waals surface area contributed by atoms with Crippen LogP contribution in [0.4, 0.5) is 5.69 Å². The summed E-state index contributed by atoms with van der Waals surface area (Å²) < 4.78 is 5.82. The fourth-order valence-electron chi connectivity index (χ4n) is 2.15. The topological polar surface area (TPSA) is 21.3 Å². The Hall–Kier alpha value is -0.800. The zero-order valence-electron chi connectivity index (χ0n) is 9.34. The van der Waals surface area contributed by atoms with Crippen LogP contribution in [-0.2, 0) is 10.3 Å². The maximum absolute atomic E-state index is 6.04. The van der Waals surface area contributed by atoms with Gasteiger partial charge < -0.3 is 10.1 Å². The second-order valence-electron chi connectivity index (χ2n) is 3.91. The molecule has 1 heterocycles. The molecule has 2 nitrogen and oxygen atoms in total. The number of fused-ring (bicyclic) bond motifs is 1. The molecule has 0 fully saturated rings. The Morgan fingerprint density at radius 2 is 2.06 bits per heavy atom. The summed E-state index contributed by atoms with van der Waals surface area (Å²) in [4.78, 5) is 0. The molecule has 0 radical (unpaired) electrons. The maximum atomic E-state index is 6.04. The summed E-state index contributed by atoms with van der Waals surface area (Å²) in [5, 5.41) is 4.23. The summed E-state index contributed by atoms with van der Waals surface area (Å²) in [6, 6.07) is 5.77. The quantitative estimate of drug-likeness (QED) is 0.805.